The van der Waals surface area contributed by atoms with Crippen LogP contribution in [0, 0.1) is 11.8 Å². The average molecular weight is 535 g/mol. The molecule has 5 rings (SSSR count). The highest BCUT2D eigenvalue weighted by molar-refractivity contribution is 6.04. The number of benzene rings is 1. The van der Waals surface area contributed by atoms with Crippen LogP contribution in [0.5, 0.6) is 0 Å². The third-order valence-electron chi connectivity index (χ3n) is 6.30. The van der Waals surface area contributed by atoms with Crippen molar-refractivity contribution in [3.63, 3.8) is 0 Å². The van der Waals surface area contributed by atoms with Crippen molar-refractivity contribution in [3.8, 4) is 23.1 Å². The largest absolute Gasteiger partial charge is 0.416 e. The van der Waals surface area contributed by atoms with Crippen LogP contribution in [0.25, 0.3) is 22.3 Å². The fraction of sp³-hybridized carbons (Fsp3) is 0.231. The Kier molecular flexibility index (Phi) is 6.61. The lowest BCUT2D eigenvalue weighted by Gasteiger charge is -2.35. The van der Waals surface area contributed by atoms with Gasteiger partial charge < -0.3 is 16.4 Å². The monoisotopic (exact) mass is 534 g/mol. The molecule has 10 nitrogen and oxygen atoms in total. The Balaban J connectivity index is 1.37. The second kappa shape index (κ2) is 10.1. The summed E-state index contributed by atoms with van der Waals surface area (Å²) in [5, 5.41) is 10.5. The maximum absolute atomic E-state index is 13.0. The number of hydrogen-bond donors (Lipinski definition) is 3. The first kappa shape index (κ1) is 25.7. The number of halogens is 3. The number of hydrogen-bond acceptors (Lipinski definition) is 7. The first-order chi connectivity index (χ1) is 18.6. The van der Waals surface area contributed by atoms with E-state index in [1.165, 1.54) is 18.5 Å². The summed E-state index contributed by atoms with van der Waals surface area (Å²) in [4.78, 5) is 36.6. The SMILES string of the molecule is CC#CC(=O)NC1CC(n2nc(-c3ccc(C(=O)Nc4cc(C(F)(F)F)ccn4)cc3)c3c(N)ncnc32)C1. The van der Waals surface area contributed by atoms with E-state index >= 15 is 0 Å². The van der Waals surface area contributed by atoms with Gasteiger partial charge in [-0.25, -0.2) is 19.6 Å². The standard InChI is InChI=1S/C26H21F3N8O2/c1-2-3-20(38)34-17-11-18(12-17)37-24-21(23(30)32-13-33-24)22(36-37)14-4-6-15(7-5-14)25(39)35-19-10-16(8-9-31-19)26(27,28)29/h4-10,13,17-18H,11-12H2,1H3,(H,34,38)(H2,30,32,33)(H,31,35,39). The molecule has 0 unspecified atom stereocenters. The van der Waals surface area contributed by atoms with Crippen LogP contribution in [0.4, 0.5) is 24.8 Å². The minimum absolute atomic E-state index is 0.0274. The van der Waals surface area contributed by atoms with Crippen LogP contribution < -0.4 is 16.4 Å². The van der Waals surface area contributed by atoms with E-state index in [1.807, 2.05) is 0 Å². The Hall–Kier alpha value is -4.99. The van der Waals surface area contributed by atoms with E-state index in [2.05, 4.69) is 37.4 Å². The summed E-state index contributed by atoms with van der Waals surface area (Å²) in [7, 11) is 0. The third-order valence-corrected chi connectivity index (χ3v) is 6.30. The van der Waals surface area contributed by atoms with Crippen LogP contribution in [0.3, 0.4) is 0 Å². The molecule has 2 amide bonds. The number of amides is 2. The molecule has 0 saturated heterocycles. The maximum atomic E-state index is 13.0. The summed E-state index contributed by atoms with van der Waals surface area (Å²) < 4.78 is 40.6. The predicted octanol–water partition coefficient (Wildman–Crippen LogP) is 3.58. The molecule has 198 valence electrons. The molecule has 0 spiro atoms. The lowest BCUT2D eigenvalue weighted by atomic mass is 9.87. The van der Waals surface area contributed by atoms with Crippen LogP contribution >= 0.6 is 0 Å². The number of alkyl halides is 3. The number of nitrogen functional groups attached to an aromatic ring is 1. The van der Waals surface area contributed by atoms with Crippen molar-refractivity contribution in [3.05, 3.63) is 60.0 Å². The van der Waals surface area contributed by atoms with Gasteiger partial charge in [0.05, 0.1) is 17.0 Å². The first-order valence-electron chi connectivity index (χ1n) is 11.8. The van der Waals surface area contributed by atoms with Crippen LogP contribution in [-0.2, 0) is 11.0 Å². The zero-order valence-electron chi connectivity index (χ0n) is 20.5. The number of nitrogens with zero attached hydrogens (tertiary/aromatic N) is 5. The fourth-order valence-corrected chi connectivity index (χ4v) is 4.34. The number of nitrogens with one attached hydrogen (secondary N) is 2. The number of anilines is 2. The zero-order valence-corrected chi connectivity index (χ0v) is 20.5. The number of rotatable bonds is 5. The van der Waals surface area contributed by atoms with E-state index < -0.39 is 17.6 Å². The molecular weight excluding hydrogens is 513 g/mol. The molecule has 4 aromatic rings. The lowest BCUT2D eigenvalue weighted by molar-refractivity contribution is -0.137. The fourth-order valence-electron chi connectivity index (χ4n) is 4.34. The van der Waals surface area contributed by atoms with Crippen molar-refractivity contribution in [2.24, 2.45) is 0 Å². The lowest BCUT2D eigenvalue weighted by Crippen LogP contribution is -2.44. The number of carbonyl (C=O) groups is 2. The van der Waals surface area contributed by atoms with Crippen LogP contribution in [0.1, 0.15) is 41.7 Å². The van der Waals surface area contributed by atoms with Crippen molar-refractivity contribution < 1.29 is 22.8 Å². The minimum atomic E-state index is -4.56. The Bertz CT molecular complexity index is 1630. The number of fused-ring (bicyclic) bond motifs is 1. The van der Waals surface area contributed by atoms with Gasteiger partial charge in [-0.2, -0.15) is 18.3 Å². The molecular formula is C26H21F3N8O2. The second-order valence-electron chi connectivity index (χ2n) is 8.88. The first-order valence-corrected chi connectivity index (χ1v) is 11.8. The highest BCUT2D eigenvalue weighted by Gasteiger charge is 2.34. The predicted molar refractivity (Wildman–Crippen MR) is 136 cm³/mol. The molecule has 13 heteroatoms. The number of carbonyl (C=O) groups excluding carboxylic acids is 2. The molecule has 0 radical (unpaired) electrons. The van der Waals surface area contributed by atoms with E-state index in [-0.39, 0.29) is 35.2 Å². The van der Waals surface area contributed by atoms with Gasteiger partial charge in [0.15, 0.2) is 5.65 Å². The van der Waals surface area contributed by atoms with Gasteiger partial charge in [0.25, 0.3) is 11.8 Å². The highest BCUT2D eigenvalue weighted by atomic mass is 19.4. The second-order valence-corrected chi connectivity index (χ2v) is 8.88. The van der Waals surface area contributed by atoms with Crippen molar-refractivity contribution in [1.29, 1.82) is 0 Å². The molecule has 1 aliphatic carbocycles. The van der Waals surface area contributed by atoms with Gasteiger partial charge in [-0.1, -0.05) is 18.1 Å². The minimum Gasteiger partial charge on any atom is -0.383 e. The molecule has 1 aliphatic rings. The van der Waals surface area contributed by atoms with E-state index in [0.717, 1.165) is 18.3 Å². The van der Waals surface area contributed by atoms with Gasteiger partial charge in [0.1, 0.15) is 23.7 Å². The molecule has 0 aliphatic heterocycles. The van der Waals surface area contributed by atoms with Crippen molar-refractivity contribution in [1.82, 2.24) is 30.0 Å². The number of pyridine rings is 1. The van der Waals surface area contributed by atoms with Gasteiger partial charge in [-0.15, -0.1) is 0 Å². The summed E-state index contributed by atoms with van der Waals surface area (Å²) in [5.74, 6) is 4.10. The Morgan fingerprint density at radius 3 is 2.54 bits per heavy atom. The van der Waals surface area contributed by atoms with Gasteiger partial charge in [-0.05, 0) is 50.0 Å². The Labute approximate surface area is 219 Å². The smallest absolute Gasteiger partial charge is 0.383 e. The van der Waals surface area contributed by atoms with Crippen molar-refractivity contribution >= 4 is 34.5 Å². The quantitative estimate of drug-likeness (QED) is 0.333. The average Bonchev–Trinajstić information content (AvgIpc) is 3.26. The summed E-state index contributed by atoms with van der Waals surface area (Å²) >= 11 is 0. The molecule has 0 bridgehead atoms. The van der Waals surface area contributed by atoms with E-state index in [4.69, 9.17) is 10.8 Å². The van der Waals surface area contributed by atoms with Gasteiger partial charge >= 0.3 is 6.18 Å². The molecule has 1 aromatic carbocycles. The normalized spacial score (nSPS) is 16.6. The highest BCUT2D eigenvalue weighted by Crippen LogP contribution is 2.38. The molecule has 1 fully saturated rings. The topological polar surface area (TPSA) is 141 Å². The van der Waals surface area contributed by atoms with Crippen molar-refractivity contribution in [2.45, 2.75) is 38.0 Å². The number of aromatic nitrogens is 5. The van der Waals surface area contributed by atoms with Crippen molar-refractivity contribution in [2.75, 3.05) is 11.1 Å². The number of nitrogens with two attached hydrogens (primary N) is 1. The summed E-state index contributed by atoms with van der Waals surface area (Å²) in [6, 6.07) is 7.88. The van der Waals surface area contributed by atoms with Crippen LogP contribution in [-0.4, -0.2) is 42.6 Å². The third kappa shape index (κ3) is 5.22. The summed E-state index contributed by atoms with van der Waals surface area (Å²) in [5.41, 5.74) is 7.15. The summed E-state index contributed by atoms with van der Waals surface area (Å²) in [6.45, 7) is 1.59. The molecule has 1 saturated carbocycles. The molecule has 3 heterocycles. The van der Waals surface area contributed by atoms with Gasteiger partial charge in [0, 0.05) is 23.4 Å². The summed E-state index contributed by atoms with van der Waals surface area (Å²) in [6.07, 6.45) is -0.948. The molecule has 4 N–H and O–H groups in total. The maximum Gasteiger partial charge on any atom is 0.416 e. The van der Waals surface area contributed by atoms with E-state index in [1.54, 1.807) is 23.7 Å². The van der Waals surface area contributed by atoms with Gasteiger partial charge in [0.2, 0.25) is 0 Å². The Morgan fingerprint density at radius 1 is 1.10 bits per heavy atom. The van der Waals surface area contributed by atoms with Gasteiger partial charge in [-0.3, -0.25) is 9.59 Å². The molecule has 3 aromatic heterocycles. The van der Waals surface area contributed by atoms with Crippen LogP contribution in [0.15, 0.2) is 48.9 Å². The van der Waals surface area contributed by atoms with E-state index in [9.17, 15) is 22.8 Å². The van der Waals surface area contributed by atoms with Crippen LogP contribution in [0.2, 0.25) is 0 Å². The molecule has 39 heavy (non-hydrogen) atoms. The zero-order chi connectivity index (χ0) is 27.7. The molecule has 0 atom stereocenters. The Morgan fingerprint density at radius 2 is 1.85 bits per heavy atom. The van der Waals surface area contributed by atoms with E-state index in [0.29, 0.717) is 35.1 Å².